The highest BCUT2D eigenvalue weighted by atomic mass is 15.2. The summed E-state index contributed by atoms with van der Waals surface area (Å²) < 4.78 is 0. The second-order valence-electron chi connectivity index (χ2n) is 5.95. The van der Waals surface area contributed by atoms with E-state index in [1.54, 1.807) is 0 Å². The smallest absolute Gasteiger partial charge is 0.0107 e. The lowest BCUT2D eigenvalue weighted by molar-refractivity contribution is 0.230. The fourth-order valence-corrected chi connectivity index (χ4v) is 2.71. The number of nitrogens with zero attached hydrogens (tertiary/aromatic N) is 1. The van der Waals surface area contributed by atoms with Gasteiger partial charge in [-0.1, -0.05) is 44.2 Å². The van der Waals surface area contributed by atoms with Gasteiger partial charge < -0.3 is 10.2 Å². The zero-order valence-corrected chi connectivity index (χ0v) is 11.8. The summed E-state index contributed by atoms with van der Waals surface area (Å²) in [5, 5.41) is 3.41. The van der Waals surface area contributed by atoms with Crippen molar-refractivity contribution in [3.63, 3.8) is 0 Å². The van der Waals surface area contributed by atoms with Crippen molar-refractivity contribution in [2.75, 3.05) is 32.7 Å². The van der Waals surface area contributed by atoms with Gasteiger partial charge in [0, 0.05) is 26.2 Å². The van der Waals surface area contributed by atoms with Crippen LogP contribution in [0, 0.1) is 0 Å². The number of hydrogen-bond acceptors (Lipinski definition) is 2. The first-order valence-electron chi connectivity index (χ1n) is 7.17. The second kappa shape index (κ2) is 6.35. The summed E-state index contributed by atoms with van der Waals surface area (Å²) in [6.45, 7) is 10.7. The van der Waals surface area contributed by atoms with E-state index in [-0.39, 0.29) is 0 Å². The maximum atomic E-state index is 3.41. The van der Waals surface area contributed by atoms with Crippen LogP contribution in [0.5, 0.6) is 0 Å². The van der Waals surface area contributed by atoms with Gasteiger partial charge in [-0.15, -0.1) is 0 Å². The summed E-state index contributed by atoms with van der Waals surface area (Å²) in [6.07, 6.45) is 2.56. The Labute approximate surface area is 111 Å². The first-order valence-corrected chi connectivity index (χ1v) is 7.17. The molecular formula is C16H26N2. The van der Waals surface area contributed by atoms with Crippen molar-refractivity contribution >= 4 is 0 Å². The van der Waals surface area contributed by atoms with Crippen LogP contribution < -0.4 is 5.32 Å². The number of rotatable bonds is 5. The fourth-order valence-electron chi connectivity index (χ4n) is 2.71. The van der Waals surface area contributed by atoms with Crippen LogP contribution in [0.4, 0.5) is 0 Å². The molecular weight excluding hydrogens is 220 g/mol. The molecule has 0 radical (unpaired) electrons. The van der Waals surface area contributed by atoms with E-state index in [0.29, 0.717) is 5.41 Å². The minimum atomic E-state index is 0.301. The van der Waals surface area contributed by atoms with Gasteiger partial charge in [0.1, 0.15) is 0 Å². The lowest BCUT2D eigenvalue weighted by Gasteiger charge is -2.30. The summed E-state index contributed by atoms with van der Waals surface area (Å²) in [5.74, 6) is 0. The molecule has 0 bridgehead atoms. The van der Waals surface area contributed by atoms with E-state index in [9.17, 15) is 0 Å². The lowest BCUT2D eigenvalue weighted by Crippen LogP contribution is -2.43. The van der Waals surface area contributed by atoms with Crippen LogP contribution in [-0.2, 0) is 5.41 Å². The minimum absolute atomic E-state index is 0.301. The van der Waals surface area contributed by atoms with Crippen LogP contribution in [0.15, 0.2) is 30.3 Å². The van der Waals surface area contributed by atoms with Crippen molar-refractivity contribution in [3.05, 3.63) is 35.9 Å². The molecule has 0 spiro atoms. The molecule has 0 amide bonds. The normalized spacial score (nSPS) is 17.9. The number of hydrogen-bond donors (Lipinski definition) is 1. The second-order valence-corrected chi connectivity index (χ2v) is 5.95. The van der Waals surface area contributed by atoms with E-state index in [4.69, 9.17) is 0 Å². The van der Waals surface area contributed by atoms with Gasteiger partial charge >= 0.3 is 0 Å². The molecule has 2 heteroatoms. The molecule has 1 heterocycles. The van der Waals surface area contributed by atoms with Crippen molar-refractivity contribution < 1.29 is 0 Å². The van der Waals surface area contributed by atoms with Gasteiger partial charge in [0.25, 0.3) is 0 Å². The molecule has 1 fully saturated rings. The van der Waals surface area contributed by atoms with Gasteiger partial charge in [0.05, 0.1) is 0 Å². The molecule has 0 unspecified atom stereocenters. The molecule has 0 aromatic heterocycles. The highest BCUT2D eigenvalue weighted by Crippen LogP contribution is 2.28. The highest BCUT2D eigenvalue weighted by molar-refractivity contribution is 5.23. The molecule has 1 aromatic rings. The van der Waals surface area contributed by atoms with E-state index < -0.39 is 0 Å². The molecule has 0 saturated carbocycles. The molecule has 1 aliphatic heterocycles. The topological polar surface area (TPSA) is 15.3 Å². The monoisotopic (exact) mass is 246 g/mol. The summed E-state index contributed by atoms with van der Waals surface area (Å²) >= 11 is 0. The molecule has 1 aliphatic rings. The van der Waals surface area contributed by atoms with Crippen LogP contribution in [0.25, 0.3) is 0 Å². The quantitative estimate of drug-likeness (QED) is 0.859. The average Bonchev–Trinajstić information content (AvgIpc) is 2.41. The summed E-state index contributed by atoms with van der Waals surface area (Å²) in [6, 6.07) is 10.9. The van der Waals surface area contributed by atoms with E-state index in [2.05, 4.69) is 54.4 Å². The molecule has 2 nitrogen and oxygen atoms in total. The predicted octanol–water partition coefficient (Wildman–Crippen LogP) is 2.65. The molecule has 1 aromatic carbocycles. The Morgan fingerprint density at radius 3 is 2.44 bits per heavy atom. The third-order valence-corrected chi connectivity index (χ3v) is 4.04. The van der Waals surface area contributed by atoms with Crippen LogP contribution in [0.2, 0.25) is 0 Å². The van der Waals surface area contributed by atoms with Crippen LogP contribution in [0.1, 0.15) is 32.3 Å². The van der Waals surface area contributed by atoms with Crippen molar-refractivity contribution in [1.29, 1.82) is 0 Å². The molecule has 18 heavy (non-hydrogen) atoms. The van der Waals surface area contributed by atoms with E-state index in [0.717, 1.165) is 13.1 Å². The SMILES string of the molecule is CC(C)(CCCN1CCNCC1)c1ccccc1. The van der Waals surface area contributed by atoms with Crippen LogP contribution in [-0.4, -0.2) is 37.6 Å². The Bertz CT molecular complexity index is 339. The van der Waals surface area contributed by atoms with Crippen LogP contribution in [0.3, 0.4) is 0 Å². The van der Waals surface area contributed by atoms with E-state index >= 15 is 0 Å². The third-order valence-electron chi connectivity index (χ3n) is 4.04. The zero-order chi connectivity index (χ0) is 12.8. The van der Waals surface area contributed by atoms with Crippen molar-refractivity contribution in [3.8, 4) is 0 Å². The largest absolute Gasteiger partial charge is 0.314 e. The Hall–Kier alpha value is -0.860. The maximum absolute atomic E-state index is 3.41. The Morgan fingerprint density at radius 2 is 1.78 bits per heavy atom. The van der Waals surface area contributed by atoms with Crippen molar-refractivity contribution in [2.45, 2.75) is 32.1 Å². The summed E-state index contributed by atoms with van der Waals surface area (Å²) in [5.41, 5.74) is 1.76. The van der Waals surface area contributed by atoms with Gasteiger partial charge in [-0.3, -0.25) is 0 Å². The Morgan fingerprint density at radius 1 is 1.11 bits per heavy atom. The Balaban J connectivity index is 1.78. The van der Waals surface area contributed by atoms with Gasteiger partial charge in [0.2, 0.25) is 0 Å². The molecule has 0 aliphatic carbocycles. The van der Waals surface area contributed by atoms with E-state index in [1.165, 1.54) is 38.0 Å². The first-order chi connectivity index (χ1) is 8.68. The number of nitrogens with one attached hydrogen (secondary N) is 1. The first kappa shape index (κ1) is 13.6. The van der Waals surface area contributed by atoms with Gasteiger partial charge in [-0.2, -0.15) is 0 Å². The zero-order valence-electron chi connectivity index (χ0n) is 11.8. The maximum Gasteiger partial charge on any atom is 0.0107 e. The molecule has 0 atom stereocenters. The molecule has 2 rings (SSSR count). The number of benzene rings is 1. The molecule has 1 N–H and O–H groups in total. The summed E-state index contributed by atoms with van der Waals surface area (Å²) in [7, 11) is 0. The van der Waals surface area contributed by atoms with Gasteiger partial charge in [-0.25, -0.2) is 0 Å². The van der Waals surface area contributed by atoms with Gasteiger partial charge in [-0.05, 0) is 30.4 Å². The highest BCUT2D eigenvalue weighted by Gasteiger charge is 2.20. The standard InChI is InChI=1S/C16H26N2/c1-16(2,15-7-4-3-5-8-15)9-6-12-18-13-10-17-11-14-18/h3-5,7-8,17H,6,9-14H2,1-2H3. The van der Waals surface area contributed by atoms with Crippen molar-refractivity contribution in [1.82, 2.24) is 10.2 Å². The summed E-state index contributed by atoms with van der Waals surface area (Å²) in [4.78, 5) is 2.58. The number of piperazine rings is 1. The third kappa shape index (κ3) is 3.82. The van der Waals surface area contributed by atoms with Gasteiger partial charge in [0.15, 0.2) is 0 Å². The Kier molecular flexibility index (Phi) is 4.79. The molecule has 1 saturated heterocycles. The fraction of sp³-hybridized carbons (Fsp3) is 0.625. The predicted molar refractivity (Wildman–Crippen MR) is 78.0 cm³/mol. The van der Waals surface area contributed by atoms with Crippen LogP contribution >= 0.6 is 0 Å². The lowest BCUT2D eigenvalue weighted by atomic mass is 9.80. The molecule has 100 valence electrons. The minimum Gasteiger partial charge on any atom is -0.314 e. The average molecular weight is 246 g/mol. The van der Waals surface area contributed by atoms with Crippen molar-refractivity contribution in [2.24, 2.45) is 0 Å². The van der Waals surface area contributed by atoms with E-state index in [1.807, 2.05) is 0 Å².